The number of imidazole rings is 1. The van der Waals surface area contributed by atoms with E-state index in [1.807, 2.05) is 48.9 Å². The number of hydrogen-bond donors (Lipinski definition) is 2. The summed E-state index contributed by atoms with van der Waals surface area (Å²) >= 11 is 7.31. The van der Waals surface area contributed by atoms with E-state index >= 15 is 0 Å². The number of halogens is 1. The second kappa shape index (κ2) is 8.96. The van der Waals surface area contributed by atoms with Crippen molar-refractivity contribution >= 4 is 46.0 Å². The van der Waals surface area contributed by atoms with Crippen LogP contribution in [0.15, 0.2) is 64.5 Å². The van der Waals surface area contributed by atoms with Gasteiger partial charge in [-0.1, -0.05) is 47.6 Å². The second-order valence-corrected chi connectivity index (χ2v) is 9.13. The summed E-state index contributed by atoms with van der Waals surface area (Å²) in [6.07, 6.45) is 0. The average Bonchev–Trinajstić information content (AvgIpc) is 3.36. The molecule has 9 nitrogen and oxygen atoms in total. The lowest BCUT2D eigenvalue weighted by molar-refractivity contribution is -0.119. The maximum atomic E-state index is 12.8. The molecule has 1 atom stereocenters. The molecule has 5 aromatic rings. The summed E-state index contributed by atoms with van der Waals surface area (Å²) in [6, 6.07) is 16.1. The maximum absolute atomic E-state index is 12.8. The van der Waals surface area contributed by atoms with Crippen LogP contribution >= 0.6 is 23.4 Å². The van der Waals surface area contributed by atoms with Crippen LogP contribution in [-0.2, 0) is 11.8 Å². The number of nitrogens with one attached hydrogen (secondary N) is 2. The van der Waals surface area contributed by atoms with E-state index in [1.165, 1.54) is 22.3 Å². The standard InChI is InChI=1S/C23H20ClN7O2S/c1-13(22-26-16-8-3-4-9-17(16)30(22)2)25-20(33)12-34-23-28-21(14-6-5-7-15(24)10-14)27-18-11-19(32)29-31(18)23/h3-11,13H,12H2,1-2H3,(H,25,33)(H,29,32). The topological polar surface area (TPSA) is 110 Å². The van der Waals surface area contributed by atoms with Crippen molar-refractivity contribution in [3.63, 3.8) is 0 Å². The lowest BCUT2D eigenvalue weighted by atomic mass is 10.2. The van der Waals surface area contributed by atoms with Crippen molar-refractivity contribution in [2.24, 2.45) is 7.05 Å². The number of carbonyl (C=O) groups is 1. The fourth-order valence-electron chi connectivity index (χ4n) is 3.77. The van der Waals surface area contributed by atoms with Gasteiger partial charge in [-0.25, -0.2) is 19.5 Å². The number of aromatic amines is 1. The van der Waals surface area contributed by atoms with E-state index in [-0.39, 0.29) is 23.3 Å². The van der Waals surface area contributed by atoms with Crippen LogP contribution in [0.2, 0.25) is 5.02 Å². The number of H-pyrrole nitrogens is 1. The van der Waals surface area contributed by atoms with Crippen molar-refractivity contribution in [1.29, 1.82) is 0 Å². The molecule has 11 heteroatoms. The van der Waals surface area contributed by atoms with Gasteiger partial charge in [0.2, 0.25) is 5.91 Å². The summed E-state index contributed by atoms with van der Waals surface area (Å²) in [4.78, 5) is 38.3. The van der Waals surface area contributed by atoms with E-state index < -0.39 is 0 Å². The highest BCUT2D eigenvalue weighted by molar-refractivity contribution is 7.99. The van der Waals surface area contributed by atoms with Crippen molar-refractivity contribution < 1.29 is 4.79 Å². The molecule has 1 amide bonds. The predicted octanol–water partition coefficient (Wildman–Crippen LogP) is 3.59. The molecule has 2 N–H and O–H groups in total. The van der Waals surface area contributed by atoms with E-state index in [0.717, 1.165) is 16.9 Å². The van der Waals surface area contributed by atoms with Gasteiger partial charge in [-0.05, 0) is 31.2 Å². The Balaban J connectivity index is 1.36. The van der Waals surface area contributed by atoms with Gasteiger partial charge in [0.1, 0.15) is 5.82 Å². The molecule has 3 aromatic heterocycles. The highest BCUT2D eigenvalue weighted by Gasteiger charge is 2.18. The van der Waals surface area contributed by atoms with Gasteiger partial charge in [-0.3, -0.25) is 14.7 Å². The molecule has 34 heavy (non-hydrogen) atoms. The van der Waals surface area contributed by atoms with Crippen LogP contribution in [0.5, 0.6) is 0 Å². The zero-order valence-corrected chi connectivity index (χ0v) is 19.9. The van der Waals surface area contributed by atoms with Crippen LogP contribution in [0, 0.1) is 0 Å². The Hall–Kier alpha value is -3.63. The SMILES string of the molecule is CC(NC(=O)CSc1nc(-c2cccc(Cl)c2)nc2cc(=O)[nH]n12)c1nc2ccccc2n1C. The number of carbonyl (C=O) groups excluding carboxylic acids is 1. The van der Waals surface area contributed by atoms with Crippen molar-refractivity contribution in [2.75, 3.05) is 5.75 Å². The lowest BCUT2D eigenvalue weighted by Crippen LogP contribution is -2.30. The molecule has 172 valence electrons. The molecule has 0 spiro atoms. The van der Waals surface area contributed by atoms with Crippen molar-refractivity contribution in [3.8, 4) is 11.4 Å². The number of hydrogen-bond acceptors (Lipinski definition) is 6. The third kappa shape index (κ3) is 4.29. The third-order valence-electron chi connectivity index (χ3n) is 5.33. The number of para-hydroxylation sites is 2. The van der Waals surface area contributed by atoms with E-state index in [0.29, 0.717) is 27.2 Å². The summed E-state index contributed by atoms with van der Waals surface area (Å²) < 4.78 is 3.45. The van der Waals surface area contributed by atoms with Crippen LogP contribution in [0.4, 0.5) is 0 Å². The van der Waals surface area contributed by atoms with Crippen molar-refractivity contribution in [2.45, 2.75) is 18.1 Å². The summed E-state index contributed by atoms with van der Waals surface area (Å²) in [5.74, 6) is 1.09. The third-order valence-corrected chi connectivity index (χ3v) is 6.50. The van der Waals surface area contributed by atoms with Gasteiger partial charge in [-0.15, -0.1) is 0 Å². The lowest BCUT2D eigenvalue weighted by Gasteiger charge is -2.14. The van der Waals surface area contributed by atoms with E-state index in [9.17, 15) is 9.59 Å². The number of aromatic nitrogens is 6. The number of rotatable bonds is 6. The summed E-state index contributed by atoms with van der Waals surface area (Å²) in [5, 5.41) is 6.65. The Kier molecular flexibility index (Phi) is 5.84. The van der Waals surface area contributed by atoms with Gasteiger partial charge in [-0.2, -0.15) is 0 Å². The molecule has 5 rings (SSSR count). The quantitative estimate of drug-likeness (QED) is 0.350. The molecule has 0 fully saturated rings. The first-order chi connectivity index (χ1) is 16.4. The molecule has 0 aliphatic rings. The highest BCUT2D eigenvalue weighted by atomic mass is 35.5. The first kappa shape index (κ1) is 22.2. The van der Waals surface area contributed by atoms with Gasteiger partial charge < -0.3 is 9.88 Å². The molecule has 2 aromatic carbocycles. The fourth-order valence-corrected chi connectivity index (χ4v) is 4.72. The number of benzene rings is 2. The largest absolute Gasteiger partial charge is 0.346 e. The number of nitrogens with zero attached hydrogens (tertiary/aromatic N) is 5. The zero-order valence-electron chi connectivity index (χ0n) is 18.3. The van der Waals surface area contributed by atoms with Crippen LogP contribution in [0.1, 0.15) is 18.8 Å². The number of fused-ring (bicyclic) bond motifs is 2. The highest BCUT2D eigenvalue weighted by Crippen LogP contribution is 2.24. The van der Waals surface area contributed by atoms with Crippen LogP contribution in [0.25, 0.3) is 28.1 Å². The minimum atomic E-state index is -0.306. The van der Waals surface area contributed by atoms with E-state index in [1.54, 1.807) is 18.2 Å². The van der Waals surface area contributed by atoms with Crippen LogP contribution in [0.3, 0.4) is 0 Å². The van der Waals surface area contributed by atoms with Gasteiger partial charge in [0.25, 0.3) is 5.56 Å². The van der Waals surface area contributed by atoms with Crippen molar-refractivity contribution in [3.05, 3.63) is 75.8 Å². The minimum Gasteiger partial charge on any atom is -0.346 e. The summed E-state index contributed by atoms with van der Waals surface area (Å²) in [6.45, 7) is 1.90. The summed E-state index contributed by atoms with van der Waals surface area (Å²) in [5.41, 5.74) is 2.70. The molecule has 0 saturated heterocycles. The molecule has 0 bridgehead atoms. The first-order valence-electron chi connectivity index (χ1n) is 10.5. The Morgan fingerprint density at radius 2 is 1.97 bits per heavy atom. The molecule has 0 radical (unpaired) electrons. The molecular formula is C23H20ClN7O2S. The van der Waals surface area contributed by atoms with Crippen LogP contribution in [-0.4, -0.2) is 40.8 Å². The van der Waals surface area contributed by atoms with Crippen LogP contribution < -0.4 is 10.9 Å². The maximum Gasteiger partial charge on any atom is 0.266 e. The minimum absolute atomic E-state index is 0.0928. The molecule has 1 unspecified atom stereocenters. The molecule has 0 saturated carbocycles. The number of thioether (sulfide) groups is 1. The Bertz CT molecular complexity index is 1590. The van der Waals surface area contributed by atoms with Crippen molar-refractivity contribution in [1.82, 2.24) is 34.4 Å². The van der Waals surface area contributed by atoms with Gasteiger partial charge in [0.05, 0.1) is 22.8 Å². The van der Waals surface area contributed by atoms with E-state index in [2.05, 4.69) is 25.4 Å². The predicted molar refractivity (Wildman–Crippen MR) is 132 cm³/mol. The fraction of sp³-hybridized carbons (Fsp3) is 0.174. The number of aryl methyl sites for hydroxylation is 1. The molecular weight excluding hydrogens is 474 g/mol. The van der Waals surface area contributed by atoms with E-state index in [4.69, 9.17) is 11.6 Å². The van der Waals surface area contributed by atoms with Gasteiger partial charge >= 0.3 is 0 Å². The molecule has 3 heterocycles. The molecule has 0 aliphatic heterocycles. The Morgan fingerprint density at radius 1 is 1.15 bits per heavy atom. The average molecular weight is 494 g/mol. The second-order valence-electron chi connectivity index (χ2n) is 7.75. The number of amides is 1. The summed E-state index contributed by atoms with van der Waals surface area (Å²) in [7, 11) is 1.93. The van der Waals surface area contributed by atoms with Gasteiger partial charge in [0, 0.05) is 23.7 Å². The normalized spacial score (nSPS) is 12.3. The van der Waals surface area contributed by atoms with Gasteiger partial charge in [0.15, 0.2) is 16.6 Å². The Morgan fingerprint density at radius 3 is 2.76 bits per heavy atom. The zero-order chi connectivity index (χ0) is 23.8. The molecule has 0 aliphatic carbocycles. The Labute approximate surface area is 203 Å². The monoisotopic (exact) mass is 493 g/mol. The first-order valence-corrected chi connectivity index (χ1v) is 11.8. The smallest absolute Gasteiger partial charge is 0.266 e.